The van der Waals surface area contributed by atoms with Crippen molar-refractivity contribution in [1.29, 1.82) is 0 Å². The lowest BCUT2D eigenvalue weighted by Gasteiger charge is -1.99. The first-order valence-corrected chi connectivity index (χ1v) is 7.62. The van der Waals surface area contributed by atoms with Crippen molar-refractivity contribution < 1.29 is 4.79 Å². The van der Waals surface area contributed by atoms with Crippen molar-refractivity contribution in [1.82, 2.24) is 0 Å². The summed E-state index contributed by atoms with van der Waals surface area (Å²) in [6, 6.07) is 20.6. The van der Waals surface area contributed by atoms with Gasteiger partial charge in [0.05, 0.1) is 0 Å². The Morgan fingerprint density at radius 2 is 1.38 bits per heavy atom. The molecule has 2 aromatic rings. The summed E-state index contributed by atoms with van der Waals surface area (Å²) in [5, 5.41) is 0. The van der Waals surface area contributed by atoms with Gasteiger partial charge < -0.3 is 0 Å². The van der Waals surface area contributed by atoms with Crippen LogP contribution in [-0.4, -0.2) is 5.78 Å². The number of aryl methyl sites for hydroxylation is 2. The number of allylic oxidation sites excluding steroid dienone is 2. The molecule has 0 aliphatic carbocycles. The Kier molecular flexibility index (Phi) is 6.47. The van der Waals surface area contributed by atoms with E-state index in [-0.39, 0.29) is 5.78 Å². The van der Waals surface area contributed by atoms with Gasteiger partial charge in [-0.15, -0.1) is 0 Å². The normalized spacial score (nSPS) is 10.9. The molecular formula is C20H22O. The fourth-order valence-electron chi connectivity index (χ4n) is 2.28. The molecule has 0 radical (unpaired) electrons. The van der Waals surface area contributed by atoms with Crippen molar-refractivity contribution >= 4 is 5.78 Å². The van der Waals surface area contributed by atoms with Crippen LogP contribution in [0.2, 0.25) is 0 Å². The zero-order valence-corrected chi connectivity index (χ0v) is 12.4. The predicted octanol–water partition coefficient (Wildman–Crippen LogP) is 4.77. The molecule has 2 rings (SSSR count). The number of hydrogen-bond acceptors (Lipinski definition) is 1. The Balaban J connectivity index is 1.61. The van der Waals surface area contributed by atoms with Gasteiger partial charge in [-0.05, 0) is 42.9 Å². The van der Waals surface area contributed by atoms with Crippen molar-refractivity contribution in [2.24, 2.45) is 0 Å². The smallest absolute Gasteiger partial charge is 0.155 e. The Bertz CT molecular complexity index is 555. The van der Waals surface area contributed by atoms with Crippen LogP contribution in [-0.2, 0) is 17.6 Å². The number of carbonyl (C=O) groups is 1. The number of carbonyl (C=O) groups excluding carboxylic acids is 1. The standard InChI is InChI=1S/C20H22O/c21-20(17-16-19-13-6-2-7-14-19)15-9-3-8-12-18-10-4-1-5-11-18/h1-2,4-7,9-11,13-15H,3,8,12,16-17H2/b15-9+. The zero-order chi connectivity index (χ0) is 14.8. The summed E-state index contributed by atoms with van der Waals surface area (Å²) in [5.41, 5.74) is 2.59. The van der Waals surface area contributed by atoms with Crippen molar-refractivity contribution in [2.45, 2.75) is 32.1 Å². The van der Waals surface area contributed by atoms with Gasteiger partial charge in [0.25, 0.3) is 0 Å². The second-order valence-electron chi connectivity index (χ2n) is 5.23. The third kappa shape index (κ3) is 6.22. The number of unbranched alkanes of at least 4 members (excludes halogenated alkanes) is 1. The molecule has 0 aliphatic heterocycles. The van der Waals surface area contributed by atoms with Gasteiger partial charge in [-0.3, -0.25) is 4.79 Å². The second kappa shape index (κ2) is 8.91. The fourth-order valence-corrected chi connectivity index (χ4v) is 2.28. The van der Waals surface area contributed by atoms with E-state index in [1.165, 1.54) is 11.1 Å². The average molecular weight is 278 g/mol. The molecule has 0 spiro atoms. The van der Waals surface area contributed by atoms with Gasteiger partial charge in [0.1, 0.15) is 0 Å². The minimum absolute atomic E-state index is 0.221. The van der Waals surface area contributed by atoms with Gasteiger partial charge in [0, 0.05) is 6.42 Å². The highest BCUT2D eigenvalue weighted by Crippen LogP contribution is 2.06. The summed E-state index contributed by atoms with van der Waals surface area (Å²) in [7, 11) is 0. The maximum atomic E-state index is 11.8. The summed E-state index contributed by atoms with van der Waals surface area (Å²) < 4.78 is 0. The van der Waals surface area contributed by atoms with Crippen LogP contribution in [0.5, 0.6) is 0 Å². The molecule has 0 bridgehead atoms. The van der Waals surface area contributed by atoms with Crippen LogP contribution in [0.3, 0.4) is 0 Å². The summed E-state index contributed by atoms with van der Waals surface area (Å²) in [5.74, 6) is 0.221. The number of ketones is 1. The summed E-state index contributed by atoms with van der Waals surface area (Å²) in [6.45, 7) is 0. The molecular weight excluding hydrogens is 256 g/mol. The monoisotopic (exact) mass is 278 g/mol. The Morgan fingerprint density at radius 1 is 0.810 bits per heavy atom. The van der Waals surface area contributed by atoms with Crippen LogP contribution in [0, 0.1) is 0 Å². The molecule has 0 fully saturated rings. The molecule has 0 saturated carbocycles. The van der Waals surface area contributed by atoms with Crippen LogP contribution in [0.4, 0.5) is 0 Å². The quantitative estimate of drug-likeness (QED) is 0.502. The largest absolute Gasteiger partial charge is 0.295 e. The average Bonchev–Trinajstić information content (AvgIpc) is 2.54. The second-order valence-corrected chi connectivity index (χ2v) is 5.23. The van der Waals surface area contributed by atoms with Gasteiger partial charge >= 0.3 is 0 Å². The minimum atomic E-state index is 0.221. The number of rotatable bonds is 8. The van der Waals surface area contributed by atoms with Crippen LogP contribution >= 0.6 is 0 Å². The van der Waals surface area contributed by atoms with Crippen LogP contribution in [0.1, 0.15) is 30.4 Å². The van der Waals surface area contributed by atoms with E-state index in [4.69, 9.17) is 0 Å². The van der Waals surface area contributed by atoms with Crippen LogP contribution in [0.25, 0.3) is 0 Å². The highest BCUT2D eigenvalue weighted by molar-refractivity contribution is 5.89. The van der Waals surface area contributed by atoms with Crippen LogP contribution in [0.15, 0.2) is 72.8 Å². The predicted molar refractivity (Wildman–Crippen MR) is 88.3 cm³/mol. The van der Waals surface area contributed by atoms with E-state index in [0.717, 1.165) is 25.7 Å². The highest BCUT2D eigenvalue weighted by atomic mass is 16.1. The topological polar surface area (TPSA) is 17.1 Å². The fraction of sp³-hybridized carbons (Fsp3) is 0.250. The minimum Gasteiger partial charge on any atom is -0.295 e. The third-order valence-electron chi connectivity index (χ3n) is 3.49. The molecule has 0 aliphatic rings. The van der Waals surface area contributed by atoms with Gasteiger partial charge in [-0.2, -0.15) is 0 Å². The molecule has 0 amide bonds. The molecule has 1 nitrogen and oxygen atoms in total. The van der Waals surface area contributed by atoms with Crippen LogP contribution < -0.4 is 0 Å². The molecule has 0 unspecified atom stereocenters. The molecule has 2 aromatic carbocycles. The number of hydrogen-bond donors (Lipinski definition) is 0. The van der Waals surface area contributed by atoms with Gasteiger partial charge in [0.2, 0.25) is 0 Å². The molecule has 108 valence electrons. The highest BCUT2D eigenvalue weighted by Gasteiger charge is 1.98. The maximum absolute atomic E-state index is 11.8. The SMILES string of the molecule is O=C(/C=C/CCCc1ccccc1)CCc1ccccc1. The number of benzene rings is 2. The van der Waals surface area contributed by atoms with Gasteiger partial charge in [0.15, 0.2) is 5.78 Å². The zero-order valence-electron chi connectivity index (χ0n) is 12.4. The van der Waals surface area contributed by atoms with Crippen molar-refractivity contribution in [3.8, 4) is 0 Å². The van der Waals surface area contributed by atoms with E-state index >= 15 is 0 Å². The van der Waals surface area contributed by atoms with Crippen molar-refractivity contribution in [3.05, 3.63) is 83.9 Å². The lowest BCUT2D eigenvalue weighted by Crippen LogP contribution is -1.95. The molecule has 0 atom stereocenters. The lowest BCUT2D eigenvalue weighted by molar-refractivity contribution is -0.114. The molecule has 0 N–H and O–H groups in total. The summed E-state index contributed by atoms with van der Waals surface area (Å²) >= 11 is 0. The van der Waals surface area contributed by atoms with E-state index in [2.05, 4.69) is 36.4 Å². The third-order valence-corrected chi connectivity index (χ3v) is 3.49. The molecule has 0 heterocycles. The van der Waals surface area contributed by atoms with E-state index in [1.807, 2.05) is 30.3 Å². The maximum Gasteiger partial charge on any atom is 0.155 e. The first-order valence-electron chi connectivity index (χ1n) is 7.62. The first-order chi connectivity index (χ1) is 10.3. The Labute approximate surface area is 127 Å². The lowest BCUT2D eigenvalue weighted by atomic mass is 10.1. The van der Waals surface area contributed by atoms with Gasteiger partial charge in [-0.1, -0.05) is 66.7 Å². The molecule has 0 saturated heterocycles. The Morgan fingerprint density at radius 3 is 2.00 bits per heavy atom. The molecule has 21 heavy (non-hydrogen) atoms. The van der Waals surface area contributed by atoms with E-state index in [1.54, 1.807) is 6.08 Å². The molecule has 0 aromatic heterocycles. The van der Waals surface area contributed by atoms with Crippen molar-refractivity contribution in [3.63, 3.8) is 0 Å². The van der Waals surface area contributed by atoms with E-state index in [9.17, 15) is 4.79 Å². The molecule has 1 heteroatoms. The first kappa shape index (κ1) is 15.2. The van der Waals surface area contributed by atoms with Gasteiger partial charge in [-0.25, -0.2) is 0 Å². The van der Waals surface area contributed by atoms with Crippen molar-refractivity contribution in [2.75, 3.05) is 0 Å². The van der Waals surface area contributed by atoms with E-state index in [0.29, 0.717) is 6.42 Å². The summed E-state index contributed by atoms with van der Waals surface area (Å²) in [4.78, 5) is 11.8. The van der Waals surface area contributed by atoms with E-state index < -0.39 is 0 Å². The summed E-state index contributed by atoms with van der Waals surface area (Å²) in [6.07, 6.45) is 8.30. The Hall–Kier alpha value is -2.15.